The number of nitrogens with one attached hydrogen (secondary N) is 1. The molecule has 1 saturated carbocycles. The summed E-state index contributed by atoms with van der Waals surface area (Å²) in [6, 6.07) is 0.393. The Kier molecular flexibility index (Phi) is 5.81. The van der Waals surface area contributed by atoms with Crippen LogP contribution in [0.5, 0.6) is 0 Å². The Balaban J connectivity index is 2.19. The zero-order valence-electron chi connectivity index (χ0n) is 12.7. The third kappa shape index (κ3) is 3.86. The third-order valence-electron chi connectivity index (χ3n) is 4.31. The van der Waals surface area contributed by atoms with Gasteiger partial charge in [-0.25, -0.2) is 4.68 Å². The van der Waals surface area contributed by atoms with Gasteiger partial charge < -0.3 is 10.4 Å². The van der Waals surface area contributed by atoms with E-state index in [-0.39, 0.29) is 18.7 Å². The summed E-state index contributed by atoms with van der Waals surface area (Å²) in [5.41, 5.74) is 0.553. The lowest BCUT2D eigenvalue weighted by Gasteiger charge is -2.35. The van der Waals surface area contributed by atoms with Gasteiger partial charge in [-0.1, -0.05) is 26.7 Å². The minimum Gasteiger partial charge on any atom is -0.394 e. The first-order valence-electron chi connectivity index (χ1n) is 7.67. The highest BCUT2D eigenvalue weighted by Crippen LogP contribution is 2.33. The lowest BCUT2D eigenvalue weighted by atomic mass is 9.78. The molecule has 2 N–H and O–H groups in total. The number of halogens is 1. The van der Waals surface area contributed by atoms with Gasteiger partial charge in [0, 0.05) is 6.04 Å². The van der Waals surface area contributed by atoms with E-state index in [1.807, 2.05) is 0 Å². The van der Waals surface area contributed by atoms with E-state index in [0.29, 0.717) is 22.4 Å². The molecule has 1 aliphatic rings. The van der Waals surface area contributed by atoms with Crippen molar-refractivity contribution in [1.29, 1.82) is 0 Å². The molecule has 1 aromatic rings. The fraction of sp³-hybridized carbons (Fsp3) is 0.733. The summed E-state index contributed by atoms with van der Waals surface area (Å²) < 4.78 is 1.77. The standard InChI is InChI=1S/C15H24BrN3O2/c1-10(2)11-5-3-4-6-12(11)18-13-9-17-19(7-8-20)15(21)14(13)16/h9-12,18,20H,3-8H2,1-2H3. The molecule has 2 rings (SSSR count). The molecule has 21 heavy (non-hydrogen) atoms. The predicted octanol–water partition coefficient (Wildman–Crippen LogP) is 2.62. The Hall–Kier alpha value is -0.880. The second-order valence-corrected chi connectivity index (χ2v) is 6.86. The molecule has 0 bridgehead atoms. The van der Waals surface area contributed by atoms with Crippen LogP contribution < -0.4 is 10.9 Å². The van der Waals surface area contributed by atoms with E-state index >= 15 is 0 Å². The molecule has 0 spiro atoms. The van der Waals surface area contributed by atoms with Crippen molar-refractivity contribution in [3.05, 3.63) is 21.0 Å². The first-order valence-corrected chi connectivity index (χ1v) is 8.47. The molecule has 0 aliphatic heterocycles. The van der Waals surface area contributed by atoms with E-state index in [1.54, 1.807) is 6.20 Å². The van der Waals surface area contributed by atoms with Crippen molar-refractivity contribution < 1.29 is 5.11 Å². The van der Waals surface area contributed by atoms with Gasteiger partial charge in [-0.2, -0.15) is 5.10 Å². The fourth-order valence-corrected chi connectivity index (χ4v) is 3.58. The van der Waals surface area contributed by atoms with E-state index in [2.05, 4.69) is 40.2 Å². The first kappa shape index (κ1) is 16.5. The SMILES string of the molecule is CC(C)C1CCCCC1Nc1cnn(CCO)c(=O)c1Br. The monoisotopic (exact) mass is 357 g/mol. The molecule has 2 unspecified atom stereocenters. The summed E-state index contributed by atoms with van der Waals surface area (Å²) in [7, 11) is 0. The lowest BCUT2D eigenvalue weighted by molar-refractivity contribution is 0.253. The maximum atomic E-state index is 12.1. The van der Waals surface area contributed by atoms with Crippen LogP contribution in [0.3, 0.4) is 0 Å². The number of aliphatic hydroxyl groups excluding tert-OH is 1. The highest BCUT2D eigenvalue weighted by atomic mass is 79.9. The predicted molar refractivity (Wildman–Crippen MR) is 87.5 cm³/mol. The zero-order chi connectivity index (χ0) is 15.4. The molecule has 6 heteroatoms. The second kappa shape index (κ2) is 7.40. The highest BCUT2D eigenvalue weighted by Gasteiger charge is 2.28. The minimum absolute atomic E-state index is 0.0931. The fourth-order valence-electron chi connectivity index (χ4n) is 3.16. The van der Waals surface area contributed by atoms with Crippen LogP contribution >= 0.6 is 15.9 Å². The van der Waals surface area contributed by atoms with Gasteiger partial charge in [-0.15, -0.1) is 0 Å². The Labute approximate surface area is 133 Å². The van der Waals surface area contributed by atoms with E-state index < -0.39 is 0 Å². The molecule has 0 radical (unpaired) electrons. The number of rotatable bonds is 5. The van der Waals surface area contributed by atoms with Gasteiger partial charge in [0.05, 0.1) is 25.0 Å². The van der Waals surface area contributed by atoms with Crippen LogP contribution in [0.25, 0.3) is 0 Å². The van der Waals surface area contributed by atoms with Crippen LogP contribution in [0.4, 0.5) is 5.69 Å². The van der Waals surface area contributed by atoms with Crippen LogP contribution in [0, 0.1) is 11.8 Å². The topological polar surface area (TPSA) is 67.2 Å². The van der Waals surface area contributed by atoms with Crippen molar-refractivity contribution >= 4 is 21.6 Å². The molecule has 5 nitrogen and oxygen atoms in total. The van der Waals surface area contributed by atoms with E-state index in [4.69, 9.17) is 5.11 Å². The van der Waals surface area contributed by atoms with Crippen molar-refractivity contribution in [3.63, 3.8) is 0 Å². The molecular formula is C15H24BrN3O2. The second-order valence-electron chi connectivity index (χ2n) is 6.07. The van der Waals surface area contributed by atoms with Crippen molar-refractivity contribution in [1.82, 2.24) is 9.78 Å². The minimum atomic E-state index is -0.203. The van der Waals surface area contributed by atoms with Crippen molar-refractivity contribution in [2.45, 2.75) is 52.1 Å². The molecule has 0 aromatic carbocycles. The van der Waals surface area contributed by atoms with Gasteiger partial charge in [0.15, 0.2) is 0 Å². The molecule has 2 atom stereocenters. The molecule has 0 amide bonds. The quantitative estimate of drug-likeness (QED) is 0.849. The van der Waals surface area contributed by atoms with Crippen LogP contribution in [0.1, 0.15) is 39.5 Å². The van der Waals surface area contributed by atoms with Crippen LogP contribution in [-0.4, -0.2) is 27.5 Å². The number of hydrogen-bond donors (Lipinski definition) is 2. The molecule has 1 aromatic heterocycles. The smallest absolute Gasteiger partial charge is 0.283 e. The molecule has 0 saturated heterocycles. The Morgan fingerprint density at radius 3 is 2.86 bits per heavy atom. The maximum absolute atomic E-state index is 12.1. The van der Waals surface area contributed by atoms with E-state index in [0.717, 1.165) is 12.1 Å². The van der Waals surface area contributed by atoms with Gasteiger partial charge >= 0.3 is 0 Å². The lowest BCUT2D eigenvalue weighted by Crippen LogP contribution is -2.36. The van der Waals surface area contributed by atoms with Crippen molar-refractivity contribution in [2.24, 2.45) is 11.8 Å². The highest BCUT2D eigenvalue weighted by molar-refractivity contribution is 9.10. The summed E-state index contributed by atoms with van der Waals surface area (Å²) in [5, 5.41) is 16.6. The van der Waals surface area contributed by atoms with Gasteiger partial charge in [0.1, 0.15) is 4.47 Å². The average Bonchev–Trinajstić information content (AvgIpc) is 2.47. The van der Waals surface area contributed by atoms with Gasteiger partial charge in [-0.3, -0.25) is 4.79 Å². The van der Waals surface area contributed by atoms with Gasteiger partial charge in [0.2, 0.25) is 0 Å². The van der Waals surface area contributed by atoms with E-state index in [1.165, 1.54) is 23.9 Å². The molecule has 1 heterocycles. The summed E-state index contributed by atoms with van der Waals surface area (Å²) in [6.45, 7) is 4.65. The molecule has 118 valence electrons. The molecule has 1 aliphatic carbocycles. The molecular weight excluding hydrogens is 334 g/mol. The number of hydrogen-bond acceptors (Lipinski definition) is 4. The average molecular weight is 358 g/mol. The third-order valence-corrected chi connectivity index (χ3v) is 5.08. The van der Waals surface area contributed by atoms with Gasteiger partial charge in [0.25, 0.3) is 5.56 Å². The first-order chi connectivity index (χ1) is 10.0. The number of anilines is 1. The maximum Gasteiger partial charge on any atom is 0.283 e. The Bertz CT molecular complexity index is 530. The van der Waals surface area contributed by atoms with Gasteiger partial charge in [-0.05, 0) is 40.6 Å². The number of nitrogens with zero attached hydrogens (tertiary/aromatic N) is 2. The van der Waals surface area contributed by atoms with Crippen LogP contribution in [0.15, 0.2) is 15.5 Å². The van der Waals surface area contributed by atoms with Crippen molar-refractivity contribution in [2.75, 3.05) is 11.9 Å². The summed E-state index contributed by atoms with van der Waals surface area (Å²) in [5.74, 6) is 1.26. The van der Waals surface area contributed by atoms with E-state index in [9.17, 15) is 4.79 Å². The number of aliphatic hydroxyl groups is 1. The largest absolute Gasteiger partial charge is 0.394 e. The van der Waals surface area contributed by atoms with Crippen LogP contribution in [-0.2, 0) is 6.54 Å². The zero-order valence-corrected chi connectivity index (χ0v) is 14.3. The Morgan fingerprint density at radius 2 is 2.19 bits per heavy atom. The van der Waals surface area contributed by atoms with Crippen LogP contribution in [0.2, 0.25) is 0 Å². The number of aromatic nitrogens is 2. The summed E-state index contributed by atoms with van der Waals surface area (Å²) >= 11 is 3.37. The summed E-state index contributed by atoms with van der Waals surface area (Å²) in [6.07, 6.45) is 6.57. The summed E-state index contributed by atoms with van der Waals surface area (Å²) in [4.78, 5) is 12.1. The Morgan fingerprint density at radius 1 is 1.48 bits per heavy atom. The normalized spacial score (nSPS) is 22.5. The molecule has 1 fully saturated rings. The van der Waals surface area contributed by atoms with Crippen molar-refractivity contribution in [3.8, 4) is 0 Å².